The number of carbonyl (C=O) groups is 1. The molecule has 0 amide bonds. The molecule has 2 rings (SSSR count). The summed E-state index contributed by atoms with van der Waals surface area (Å²) in [6.45, 7) is 0. The average molecular weight is 351 g/mol. The Balaban J connectivity index is 2.55. The molecule has 128 valence electrons. The van der Waals surface area contributed by atoms with Crippen LogP contribution in [0.15, 0.2) is 30.5 Å². The van der Waals surface area contributed by atoms with Crippen LogP contribution in [0.1, 0.15) is 21.7 Å². The van der Waals surface area contributed by atoms with Crippen LogP contribution in [-0.4, -0.2) is 21.0 Å². The van der Waals surface area contributed by atoms with Crippen molar-refractivity contribution in [3.05, 3.63) is 47.4 Å². The molecule has 2 N–H and O–H groups in total. The Morgan fingerprint density at radius 3 is 2.25 bits per heavy atom. The van der Waals surface area contributed by atoms with Crippen molar-refractivity contribution in [3.8, 4) is 0 Å². The second-order valence-electron chi connectivity index (χ2n) is 4.42. The summed E-state index contributed by atoms with van der Waals surface area (Å²) in [7, 11) is 0. The van der Waals surface area contributed by atoms with E-state index in [4.69, 9.17) is 5.11 Å². The van der Waals surface area contributed by atoms with E-state index >= 15 is 0 Å². The molecular weight excluding hydrogens is 344 g/mol. The molecule has 0 aliphatic carbocycles. The molecule has 2 aromatic rings. The van der Waals surface area contributed by atoms with Crippen LogP contribution in [-0.2, 0) is 12.4 Å². The Morgan fingerprint density at radius 1 is 1.04 bits per heavy atom. The van der Waals surface area contributed by atoms with Crippen molar-refractivity contribution < 1.29 is 36.2 Å². The molecule has 24 heavy (non-hydrogen) atoms. The summed E-state index contributed by atoms with van der Waals surface area (Å²) in [5.41, 5.74) is -4.31. The van der Waals surface area contributed by atoms with Crippen LogP contribution in [0.4, 0.5) is 37.8 Å². The number of nitrogens with one attached hydrogen (secondary N) is 1. The molecule has 2 aromatic heterocycles. The van der Waals surface area contributed by atoms with E-state index in [9.17, 15) is 31.1 Å². The highest BCUT2D eigenvalue weighted by Crippen LogP contribution is 2.35. The van der Waals surface area contributed by atoms with Crippen LogP contribution >= 0.6 is 0 Å². The topological polar surface area (TPSA) is 75.1 Å². The monoisotopic (exact) mass is 351 g/mol. The lowest BCUT2D eigenvalue weighted by molar-refractivity contribution is -0.141. The number of alkyl halides is 6. The van der Waals surface area contributed by atoms with Crippen molar-refractivity contribution in [2.24, 2.45) is 0 Å². The second kappa shape index (κ2) is 5.98. The van der Waals surface area contributed by atoms with Crippen molar-refractivity contribution in [1.82, 2.24) is 9.97 Å². The Kier molecular flexibility index (Phi) is 4.36. The van der Waals surface area contributed by atoms with E-state index in [1.165, 1.54) is 0 Å². The van der Waals surface area contributed by atoms with Gasteiger partial charge < -0.3 is 10.4 Å². The summed E-state index contributed by atoms with van der Waals surface area (Å²) < 4.78 is 76.6. The minimum absolute atomic E-state index is 0.419. The van der Waals surface area contributed by atoms with Crippen LogP contribution < -0.4 is 5.32 Å². The highest BCUT2D eigenvalue weighted by Gasteiger charge is 2.36. The fraction of sp³-hybridized carbons (Fsp3) is 0.154. The number of anilines is 2. The first-order valence-corrected chi connectivity index (χ1v) is 6.11. The van der Waals surface area contributed by atoms with E-state index in [2.05, 4.69) is 9.97 Å². The summed E-state index contributed by atoms with van der Waals surface area (Å²) in [5, 5.41) is 10.9. The Morgan fingerprint density at radius 2 is 1.71 bits per heavy atom. The maximum Gasteiger partial charge on any atom is 0.435 e. The number of rotatable bonds is 3. The van der Waals surface area contributed by atoms with Gasteiger partial charge in [-0.25, -0.2) is 14.8 Å². The highest BCUT2D eigenvalue weighted by atomic mass is 19.4. The molecule has 11 heteroatoms. The molecule has 0 unspecified atom stereocenters. The van der Waals surface area contributed by atoms with Gasteiger partial charge in [-0.2, -0.15) is 26.3 Å². The third kappa shape index (κ3) is 3.73. The van der Waals surface area contributed by atoms with E-state index < -0.39 is 46.8 Å². The number of hydrogen-bond donors (Lipinski definition) is 2. The molecule has 0 aliphatic heterocycles. The zero-order valence-electron chi connectivity index (χ0n) is 11.4. The Labute approximate surface area is 130 Å². The first-order valence-electron chi connectivity index (χ1n) is 6.11. The van der Waals surface area contributed by atoms with Gasteiger partial charge in [0.15, 0.2) is 5.69 Å². The first-order chi connectivity index (χ1) is 11.0. The van der Waals surface area contributed by atoms with Crippen LogP contribution in [0, 0.1) is 0 Å². The maximum atomic E-state index is 12.9. The van der Waals surface area contributed by atoms with Crippen molar-refractivity contribution in [3.63, 3.8) is 0 Å². The lowest BCUT2D eigenvalue weighted by atomic mass is 10.2. The SMILES string of the molecule is O=C(O)c1ccc(C(F)(F)F)nc1Nc1cccnc1C(F)(F)F. The molecule has 0 aliphatic rings. The fourth-order valence-corrected chi connectivity index (χ4v) is 1.74. The molecule has 0 atom stereocenters. The van der Waals surface area contributed by atoms with Gasteiger partial charge in [-0.15, -0.1) is 0 Å². The molecule has 0 bridgehead atoms. The van der Waals surface area contributed by atoms with Gasteiger partial charge in [0.05, 0.1) is 5.69 Å². The Bertz CT molecular complexity index is 773. The van der Waals surface area contributed by atoms with E-state index in [-0.39, 0.29) is 0 Å². The highest BCUT2D eigenvalue weighted by molar-refractivity contribution is 5.94. The molecule has 0 radical (unpaired) electrons. The summed E-state index contributed by atoms with van der Waals surface area (Å²) in [4.78, 5) is 17.2. The predicted octanol–water partition coefficient (Wildman–Crippen LogP) is 3.96. The number of nitrogens with zero attached hydrogens (tertiary/aromatic N) is 2. The van der Waals surface area contributed by atoms with Crippen LogP contribution in [0.3, 0.4) is 0 Å². The number of pyridine rings is 2. The van der Waals surface area contributed by atoms with Crippen LogP contribution in [0.5, 0.6) is 0 Å². The predicted molar refractivity (Wildman–Crippen MR) is 68.7 cm³/mol. The maximum absolute atomic E-state index is 12.9. The molecular formula is C13H7F6N3O2. The minimum atomic E-state index is -4.89. The lowest BCUT2D eigenvalue weighted by Crippen LogP contribution is -2.15. The molecule has 0 aromatic carbocycles. The number of aromatic carboxylic acids is 1. The molecule has 0 saturated carbocycles. The van der Waals surface area contributed by atoms with Gasteiger partial charge in [0.2, 0.25) is 0 Å². The van der Waals surface area contributed by atoms with E-state index in [1.54, 1.807) is 0 Å². The molecule has 0 spiro atoms. The van der Waals surface area contributed by atoms with Gasteiger partial charge in [0, 0.05) is 6.20 Å². The van der Waals surface area contributed by atoms with Crippen LogP contribution in [0.2, 0.25) is 0 Å². The molecule has 5 nitrogen and oxygen atoms in total. The van der Waals surface area contributed by atoms with Gasteiger partial charge in [-0.1, -0.05) is 0 Å². The third-order valence-electron chi connectivity index (χ3n) is 2.75. The first kappa shape index (κ1) is 17.5. The molecule has 2 heterocycles. The smallest absolute Gasteiger partial charge is 0.435 e. The number of halogens is 6. The standard InChI is InChI=1S/C13H7F6N3O2/c14-12(15,16)8-4-3-6(11(23)24)10(22-8)21-7-2-1-5-20-9(7)13(17,18)19/h1-5H,(H,21,22)(H,23,24). The van der Waals surface area contributed by atoms with Crippen molar-refractivity contribution in [2.75, 3.05) is 5.32 Å². The van der Waals surface area contributed by atoms with Crippen molar-refractivity contribution >= 4 is 17.5 Å². The minimum Gasteiger partial charge on any atom is -0.478 e. The summed E-state index contributed by atoms with van der Waals surface area (Å²) >= 11 is 0. The second-order valence-corrected chi connectivity index (χ2v) is 4.42. The molecule has 0 saturated heterocycles. The Hall–Kier alpha value is -2.85. The average Bonchev–Trinajstić information content (AvgIpc) is 2.45. The van der Waals surface area contributed by atoms with Crippen LogP contribution in [0.25, 0.3) is 0 Å². The number of carboxylic acids is 1. The quantitative estimate of drug-likeness (QED) is 0.819. The van der Waals surface area contributed by atoms with E-state index in [1.807, 2.05) is 5.32 Å². The van der Waals surface area contributed by atoms with E-state index in [0.29, 0.717) is 12.1 Å². The zero-order valence-corrected chi connectivity index (χ0v) is 11.4. The van der Waals surface area contributed by atoms with Gasteiger partial charge in [-0.3, -0.25) is 0 Å². The lowest BCUT2D eigenvalue weighted by Gasteiger charge is -2.15. The number of carboxylic acid groups (broad SMARTS) is 1. The van der Waals surface area contributed by atoms with Gasteiger partial charge in [0.1, 0.15) is 17.1 Å². The number of hydrogen-bond acceptors (Lipinski definition) is 4. The third-order valence-corrected chi connectivity index (χ3v) is 2.75. The normalized spacial score (nSPS) is 12.1. The number of aromatic nitrogens is 2. The molecule has 0 fully saturated rings. The zero-order chi connectivity index (χ0) is 18.1. The van der Waals surface area contributed by atoms with Crippen molar-refractivity contribution in [1.29, 1.82) is 0 Å². The summed E-state index contributed by atoms with van der Waals surface area (Å²) in [5.74, 6) is -2.54. The van der Waals surface area contributed by atoms with Crippen molar-refractivity contribution in [2.45, 2.75) is 12.4 Å². The van der Waals surface area contributed by atoms with E-state index in [0.717, 1.165) is 18.3 Å². The van der Waals surface area contributed by atoms with Gasteiger partial charge in [-0.05, 0) is 24.3 Å². The van der Waals surface area contributed by atoms with Gasteiger partial charge >= 0.3 is 18.3 Å². The summed E-state index contributed by atoms with van der Waals surface area (Å²) in [6, 6.07) is 3.02. The fourth-order valence-electron chi connectivity index (χ4n) is 1.74. The summed E-state index contributed by atoms with van der Waals surface area (Å²) in [6.07, 6.45) is -8.95. The largest absolute Gasteiger partial charge is 0.478 e. The van der Waals surface area contributed by atoms with Gasteiger partial charge in [0.25, 0.3) is 0 Å².